The summed E-state index contributed by atoms with van der Waals surface area (Å²) in [7, 11) is 0. The van der Waals surface area contributed by atoms with Crippen molar-refractivity contribution >= 4 is 23.4 Å². The smallest absolute Gasteiger partial charge is 0.249 e. The van der Waals surface area contributed by atoms with Crippen molar-refractivity contribution < 1.29 is 9.59 Å². The van der Waals surface area contributed by atoms with Crippen molar-refractivity contribution in [3.8, 4) is 0 Å². The highest BCUT2D eigenvalue weighted by Gasteiger charge is 2.51. The van der Waals surface area contributed by atoms with E-state index < -0.39 is 5.54 Å². The summed E-state index contributed by atoms with van der Waals surface area (Å²) in [6.45, 7) is 4.54. The van der Waals surface area contributed by atoms with Gasteiger partial charge in [-0.05, 0) is 25.2 Å². The molecule has 5 heteroatoms. The van der Waals surface area contributed by atoms with Gasteiger partial charge in [-0.1, -0.05) is 44.4 Å². The maximum Gasteiger partial charge on any atom is 0.249 e. The molecule has 1 saturated carbocycles. The second kappa shape index (κ2) is 6.17. The zero-order valence-electron chi connectivity index (χ0n) is 12.2. The number of hydrogen-bond donors (Lipinski definition) is 1. The number of amides is 2. The number of nitrogens with zero attached hydrogens (tertiary/aromatic N) is 1. The van der Waals surface area contributed by atoms with E-state index in [-0.39, 0.29) is 17.9 Å². The molecule has 0 aromatic rings. The van der Waals surface area contributed by atoms with Gasteiger partial charge in [0.05, 0.1) is 0 Å². The van der Waals surface area contributed by atoms with Crippen LogP contribution in [0.5, 0.6) is 0 Å². The molecule has 1 N–H and O–H groups in total. The van der Waals surface area contributed by atoms with E-state index >= 15 is 0 Å². The maximum atomic E-state index is 12.8. The molecule has 2 rings (SSSR count). The third kappa shape index (κ3) is 2.85. The lowest BCUT2D eigenvalue weighted by Crippen LogP contribution is -2.69. The van der Waals surface area contributed by atoms with Crippen LogP contribution in [0.4, 0.5) is 0 Å². The van der Waals surface area contributed by atoms with Gasteiger partial charge in [0.2, 0.25) is 11.8 Å². The fraction of sp³-hybridized carbons (Fsp3) is 0.733. The minimum atomic E-state index is -0.648. The largest absolute Gasteiger partial charge is 0.340 e. The molecule has 112 valence electrons. The minimum Gasteiger partial charge on any atom is -0.340 e. The van der Waals surface area contributed by atoms with Crippen molar-refractivity contribution in [1.29, 1.82) is 0 Å². The molecule has 1 saturated heterocycles. The molecule has 1 aliphatic heterocycles. The Bertz CT molecular complexity index is 414. The van der Waals surface area contributed by atoms with Crippen molar-refractivity contribution in [2.75, 3.05) is 6.54 Å². The van der Waals surface area contributed by atoms with E-state index in [9.17, 15) is 9.59 Å². The Labute approximate surface area is 125 Å². The summed E-state index contributed by atoms with van der Waals surface area (Å²) in [5, 5.41) is 3.02. The highest BCUT2D eigenvalue weighted by Crippen LogP contribution is 2.35. The number of hydrogen-bond acceptors (Lipinski definition) is 2. The maximum absolute atomic E-state index is 12.8. The summed E-state index contributed by atoms with van der Waals surface area (Å²) < 4.78 is 0. The number of nitrogens with one attached hydrogen (secondary N) is 1. The number of halogens is 1. The topological polar surface area (TPSA) is 49.4 Å². The molecule has 1 atom stereocenters. The van der Waals surface area contributed by atoms with Crippen LogP contribution < -0.4 is 5.32 Å². The van der Waals surface area contributed by atoms with E-state index in [0.717, 1.165) is 25.7 Å². The third-order valence-corrected chi connectivity index (χ3v) is 4.43. The van der Waals surface area contributed by atoms with Gasteiger partial charge in [0.25, 0.3) is 0 Å². The van der Waals surface area contributed by atoms with Gasteiger partial charge in [0, 0.05) is 12.1 Å². The predicted molar refractivity (Wildman–Crippen MR) is 79.3 cm³/mol. The Morgan fingerprint density at radius 1 is 1.40 bits per heavy atom. The molecule has 0 aromatic heterocycles. The van der Waals surface area contributed by atoms with Crippen LogP contribution in [0, 0.1) is 5.92 Å². The van der Waals surface area contributed by atoms with Gasteiger partial charge in [-0.3, -0.25) is 9.59 Å². The number of rotatable bonds is 4. The number of carbonyl (C=O) groups excluding carboxylic acids is 2. The van der Waals surface area contributed by atoms with Crippen molar-refractivity contribution in [2.45, 2.75) is 57.5 Å². The van der Waals surface area contributed by atoms with E-state index in [1.165, 1.54) is 5.54 Å². The molecule has 0 radical (unpaired) electrons. The molecule has 2 aliphatic rings. The van der Waals surface area contributed by atoms with E-state index in [0.29, 0.717) is 18.9 Å². The van der Waals surface area contributed by atoms with Crippen LogP contribution in [-0.4, -0.2) is 34.8 Å². The van der Waals surface area contributed by atoms with Gasteiger partial charge in [0.1, 0.15) is 11.6 Å². The van der Waals surface area contributed by atoms with Gasteiger partial charge in [-0.15, -0.1) is 0 Å². The van der Waals surface area contributed by atoms with Crippen LogP contribution >= 0.6 is 11.6 Å². The van der Waals surface area contributed by atoms with Crippen LogP contribution in [0.15, 0.2) is 11.6 Å². The van der Waals surface area contributed by atoms with E-state index in [1.807, 2.05) is 0 Å². The van der Waals surface area contributed by atoms with Gasteiger partial charge in [-0.2, -0.15) is 0 Å². The minimum absolute atomic E-state index is 0.0110. The molecule has 20 heavy (non-hydrogen) atoms. The van der Waals surface area contributed by atoms with Crippen molar-refractivity contribution in [2.24, 2.45) is 5.92 Å². The molecule has 4 nitrogen and oxygen atoms in total. The first-order valence-electron chi connectivity index (χ1n) is 7.38. The van der Waals surface area contributed by atoms with E-state index in [1.54, 1.807) is 11.0 Å². The molecule has 1 heterocycles. The highest BCUT2D eigenvalue weighted by atomic mass is 35.5. The van der Waals surface area contributed by atoms with E-state index in [2.05, 4.69) is 19.2 Å². The second-order valence-corrected chi connectivity index (χ2v) is 6.49. The summed E-state index contributed by atoms with van der Waals surface area (Å²) in [5.74, 6) is 0.414. The molecule has 0 bridgehead atoms. The number of piperazine rings is 1. The van der Waals surface area contributed by atoms with Crippen LogP contribution in [0.25, 0.3) is 0 Å². The average Bonchev–Trinajstić information content (AvgIpc) is 2.85. The Morgan fingerprint density at radius 2 is 2.05 bits per heavy atom. The van der Waals surface area contributed by atoms with Crippen LogP contribution in [0.1, 0.15) is 46.0 Å². The lowest BCUT2D eigenvalue weighted by atomic mass is 9.88. The van der Waals surface area contributed by atoms with Crippen molar-refractivity contribution in [3.63, 3.8) is 0 Å². The monoisotopic (exact) mass is 298 g/mol. The first-order chi connectivity index (χ1) is 9.50. The van der Waals surface area contributed by atoms with Gasteiger partial charge in [0.15, 0.2) is 0 Å². The quantitative estimate of drug-likeness (QED) is 0.866. The first kappa shape index (κ1) is 15.4. The molecular formula is C15H23ClN2O2. The van der Waals surface area contributed by atoms with Crippen LogP contribution in [-0.2, 0) is 9.59 Å². The normalized spacial score (nSPS) is 26.0. The summed E-state index contributed by atoms with van der Waals surface area (Å²) in [6.07, 6.45) is 5.93. The molecule has 2 amide bonds. The fourth-order valence-electron chi connectivity index (χ4n) is 3.29. The fourth-order valence-corrected chi connectivity index (χ4v) is 3.37. The van der Waals surface area contributed by atoms with Crippen LogP contribution in [0.3, 0.4) is 0 Å². The van der Waals surface area contributed by atoms with Gasteiger partial charge < -0.3 is 10.2 Å². The Balaban J connectivity index is 2.25. The Morgan fingerprint density at radius 3 is 2.60 bits per heavy atom. The molecule has 1 aliphatic carbocycles. The summed E-state index contributed by atoms with van der Waals surface area (Å²) >= 11 is 5.59. The second-order valence-electron chi connectivity index (χ2n) is 6.24. The standard InChI is InChI=1S/C15H23ClN2O2/c1-11(2)10-12-13(19)17-15(6-3-4-7-15)14(20)18(12)9-5-8-16/h5,8,11-12H,3-4,6-7,9-10H2,1-2H3,(H,17,19)/b8-5+. The summed E-state index contributed by atoms with van der Waals surface area (Å²) in [6, 6.07) is -0.374. The summed E-state index contributed by atoms with van der Waals surface area (Å²) in [5.41, 5.74) is 0.762. The summed E-state index contributed by atoms with van der Waals surface area (Å²) in [4.78, 5) is 27.0. The highest BCUT2D eigenvalue weighted by molar-refractivity contribution is 6.25. The van der Waals surface area contributed by atoms with Crippen LogP contribution in [0.2, 0.25) is 0 Å². The van der Waals surface area contributed by atoms with E-state index in [4.69, 9.17) is 11.6 Å². The number of carbonyl (C=O) groups is 2. The Hall–Kier alpha value is -1.03. The first-order valence-corrected chi connectivity index (χ1v) is 7.82. The average molecular weight is 299 g/mol. The lowest BCUT2D eigenvalue weighted by Gasteiger charge is -2.44. The molecule has 1 unspecified atom stereocenters. The van der Waals surface area contributed by atoms with Crippen molar-refractivity contribution in [1.82, 2.24) is 10.2 Å². The zero-order chi connectivity index (χ0) is 14.8. The van der Waals surface area contributed by atoms with Gasteiger partial charge in [-0.25, -0.2) is 0 Å². The molecule has 2 fully saturated rings. The molecule has 0 aromatic carbocycles. The Kier molecular flexibility index (Phi) is 4.74. The van der Waals surface area contributed by atoms with Gasteiger partial charge >= 0.3 is 0 Å². The van der Waals surface area contributed by atoms with Crippen molar-refractivity contribution in [3.05, 3.63) is 11.6 Å². The third-order valence-electron chi connectivity index (χ3n) is 4.25. The lowest BCUT2D eigenvalue weighted by molar-refractivity contribution is -0.154. The molecule has 1 spiro atoms. The SMILES string of the molecule is CC(C)CC1C(=O)NC2(CCCC2)C(=O)N1C/C=C/Cl. The zero-order valence-corrected chi connectivity index (χ0v) is 12.9. The predicted octanol–water partition coefficient (Wildman–Crippen LogP) is 2.42. The molecular weight excluding hydrogens is 276 g/mol.